The molecule has 1 aromatic rings. The van der Waals surface area contributed by atoms with Gasteiger partial charge < -0.3 is 15.0 Å². The largest absolute Gasteiger partial charge is 0.480 e. The first-order chi connectivity index (χ1) is 8.04. The predicted molar refractivity (Wildman–Crippen MR) is 59.1 cm³/mol. The molecule has 0 aliphatic heterocycles. The van der Waals surface area contributed by atoms with Crippen LogP contribution in [0.4, 0.5) is 0 Å². The highest BCUT2D eigenvalue weighted by molar-refractivity contribution is 6.04. The Kier molecular flexibility index (Phi) is 2.87. The lowest BCUT2D eigenvalue weighted by molar-refractivity contribution is -0.149. The van der Waals surface area contributed by atoms with Gasteiger partial charge in [0.1, 0.15) is 5.41 Å². The molecule has 0 radical (unpaired) electrons. The molecule has 1 aliphatic carbocycles. The number of carbonyl (C=O) groups excluding carboxylic acids is 1. The maximum Gasteiger partial charge on any atom is 0.319 e. The van der Waals surface area contributed by atoms with Gasteiger partial charge in [-0.25, -0.2) is 4.98 Å². The second-order valence-electron chi connectivity index (χ2n) is 4.52. The van der Waals surface area contributed by atoms with Gasteiger partial charge in [-0.15, -0.1) is 0 Å². The zero-order valence-corrected chi connectivity index (χ0v) is 9.59. The summed E-state index contributed by atoms with van der Waals surface area (Å²) in [5.41, 5.74) is -1.16. The van der Waals surface area contributed by atoms with Crippen LogP contribution >= 0.6 is 0 Å². The number of aliphatic carboxylic acids is 1. The number of nitrogens with zero attached hydrogens (tertiary/aromatic N) is 2. The third kappa shape index (κ3) is 2.30. The van der Waals surface area contributed by atoms with E-state index in [0.29, 0.717) is 19.4 Å². The van der Waals surface area contributed by atoms with Crippen LogP contribution < -0.4 is 5.32 Å². The summed E-state index contributed by atoms with van der Waals surface area (Å²) >= 11 is 0. The van der Waals surface area contributed by atoms with Crippen LogP contribution in [0.1, 0.15) is 19.8 Å². The second-order valence-corrected chi connectivity index (χ2v) is 4.52. The Hall–Kier alpha value is -1.85. The summed E-state index contributed by atoms with van der Waals surface area (Å²) in [6, 6.07) is -0.117. The van der Waals surface area contributed by atoms with Crippen molar-refractivity contribution in [1.29, 1.82) is 0 Å². The standard InChI is InChI=1S/C11H15N3O3/c1-8(6-14-5-4-12-7-14)13-9(15)11(2-3-11)10(16)17/h4-5,7-8H,2-3,6H2,1H3,(H,13,15)(H,16,17). The van der Waals surface area contributed by atoms with Crippen molar-refractivity contribution in [3.8, 4) is 0 Å². The zero-order chi connectivity index (χ0) is 12.5. The highest BCUT2D eigenvalue weighted by atomic mass is 16.4. The van der Waals surface area contributed by atoms with Gasteiger partial charge in [0.15, 0.2) is 0 Å². The third-order valence-corrected chi connectivity index (χ3v) is 3.02. The van der Waals surface area contributed by atoms with Crippen molar-refractivity contribution in [3.05, 3.63) is 18.7 Å². The van der Waals surface area contributed by atoms with Crippen molar-refractivity contribution in [2.45, 2.75) is 32.4 Å². The first-order valence-electron chi connectivity index (χ1n) is 5.55. The van der Waals surface area contributed by atoms with Crippen molar-refractivity contribution in [1.82, 2.24) is 14.9 Å². The molecule has 1 unspecified atom stereocenters. The summed E-state index contributed by atoms with van der Waals surface area (Å²) in [6.45, 7) is 2.43. The van der Waals surface area contributed by atoms with Gasteiger partial charge >= 0.3 is 5.97 Å². The highest BCUT2D eigenvalue weighted by Crippen LogP contribution is 2.46. The molecule has 1 saturated carbocycles. The van der Waals surface area contributed by atoms with Crippen LogP contribution in [0.15, 0.2) is 18.7 Å². The molecule has 0 saturated heterocycles. The molecule has 2 N–H and O–H groups in total. The van der Waals surface area contributed by atoms with Crippen LogP contribution in [-0.2, 0) is 16.1 Å². The molecule has 1 aromatic heterocycles. The van der Waals surface area contributed by atoms with Gasteiger partial charge in [-0.2, -0.15) is 0 Å². The molecule has 1 aliphatic rings. The molecule has 2 rings (SSSR count). The van der Waals surface area contributed by atoms with Crippen LogP contribution in [0.25, 0.3) is 0 Å². The van der Waals surface area contributed by atoms with Crippen LogP contribution in [-0.4, -0.2) is 32.6 Å². The molecule has 6 heteroatoms. The number of rotatable bonds is 5. The van der Waals surface area contributed by atoms with Gasteiger partial charge in [-0.1, -0.05) is 0 Å². The maximum absolute atomic E-state index is 11.8. The molecule has 1 heterocycles. The van der Waals surface area contributed by atoms with Gasteiger partial charge in [-0.05, 0) is 19.8 Å². The van der Waals surface area contributed by atoms with E-state index in [1.165, 1.54) is 0 Å². The monoisotopic (exact) mass is 237 g/mol. The summed E-state index contributed by atoms with van der Waals surface area (Å²) in [6.07, 6.45) is 5.99. The Morgan fingerprint density at radius 1 is 1.59 bits per heavy atom. The molecule has 6 nitrogen and oxygen atoms in total. The summed E-state index contributed by atoms with van der Waals surface area (Å²) in [7, 11) is 0. The van der Waals surface area contributed by atoms with E-state index in [0.717, 1.165) is 0 Å². The van der Waals surface area contributed by atoms with Crippen LogP contribution in [0.3, 0.4) is 0 Å². The molecule has 1 atom stereocenters. The number of aromatic nitrogens is 2. The Labute approximate surface area is 98.7 Å². The molecule has 1 amide bonds. The van der Waals surface area contributed by atoms with Crippen molar-refractivity contribution >= 4 is 11.9 Å². The van der Waals surface area contributed by atoms with E-state index in [9.17, 15) is 9.59 Å². The number of carboxylic acids is 1. The Morgan fingerprint density at radius 2 is 2.29 bits per heavy atom. The minimum atomic E-state index is -1.16. The topological polar surface area (TPSA) is 84.2 Å². The summed E-state index contributed by atoms with van der Waals surface area (Å²) in [5, 5.41) is 11.7. The lowest BCUT2D eigenvalue weighted by Gasteiger charge is -2.17. The smallest absolute Gasteiger partial charge is 0.319 e. The van der Waals surface area contributed by atoms with Crippen molar-refractivity contribution in [3.63, 3.8) is 0 Å². The molecule has 0 aromatic carbocycles. The van der Waals surface area contributed by atoms with E-state index in [-0.39, 0.29) is 11.9 Å². The van der Waals surface area contributed by atoms with E-state index in [1.54, 1.807) is 18.7 Å². The molecule has 0 spiro atoms. The van der Waals surface area contributed by atoms with E-state index < -0.39 is 11.4 Å². The van der Waals surface area contributed by atoms with Gasteiger partial charge in [0.05, 0.1) is 6.33 Å². The number of hydrogen-bond donors (Lipinski definition) is 2. The normalized spacial score (nSPS) is 18.4. The lowest BCUT2D eigenvalue weighted by Crippen LogP contribution is -2.43. The Morgan fingerprint density at radius 3 is 2.76 bits per heavy atom. The summed E-state index contributed by atoms with van der Waals surface area (Å²) in [5.74, 6) is -1.40. The summed E-state index contributed by atoms with van der Waals surface area (Å²) < 4.78 is 1.84. The van der Waals surface area contributed by atoms with E-state index >= 15 is 0 Å². The van der Waals surface area contributed by atoms with Crippen LogP contribution in [0.5, 0.6) is 0 Å². The first-order valence-corrected chi connectivity index (χ1v) is 5.55. The molecule has 1 fully saturated rings. The summed E-state index contributed by atoms with van der Waals surface area (Å²) in [4.78, 5) is 26.6. The van der Waals surface area contributed by atoms with Crippen molar-refractivity contribution in [2.75, 3.05) is 0 Å². The minimum Gasteiger partial charge on any atom is -0.480 e. The molecular formula is C11H15N3O3. The quantitative estimate of drug-likeness (QED) is 0.719. The second kappa shape index (κ2) is 4.20. The van der Waals surface area contributed by atoms with Gasteiger partial charge in [-0.3, -0.25) is 9.59 Å². The lowest BCUT2D eigenvalue weighted by atomic mass is 10.1. The Bertz CT molecular complexity index is 423. The maximum atomic E-state index is 11.8. The fraction of sp³-hybridized carbons (Fsp3) is 0.545. The molecule has 0 bridgehead atoms. The zero-order valence-electron chi connectivity index (χ0n) is 9.59. The fourth-order valence-corrected chi connectivity index (χ4v) is 1.78. The van der Waals surface area contributed by atoms with Crippen LogP contribution in [0, 0.1) is 5.41 Å². The predicted octanol–water partition coefficient (Wildman–Crippen LogP) is 0.253. The number of imidazole rings is 1. The number of amides is 1. The van der Waals surface area contributed by atoms with Gasteiger partial charge in [0.2, 0.25) is 5.91 Å². The molecular weight excluding hydrogens is 222 g/mol. The third-order valence-electron chi connectivity index (χ3n) is 3.02. The highest BCUT2D eigenvalue weighted by Gasteiger charge is 2.57. The number of carbonyl (C=O) groups is 2. The first kappa shape index (κ1) is 11.6. The Balaban J connectivity index is 1.89. The van der Waals surface area contributed by atoms with Crippen molar-refractivity contribution < 1.29 is 14.7 Å². The van der Waals surface area contributed by atoms with E-state index in [2.05, 4.69) is 10.3 Å². The number of carboxylic acid groups (broad SMARTS) is 1. The number of nitrogens with one attached hydrogen (secondary N) is 1. The van der Waals surface area contributed by atoms with Crippen molar-refractivity contribution in [2.24, 2.45) is 5.41 Å². The van der Waals surface area contributed by atoms with Gasteiger partial charge in [0, 0.05) is 25.0 Å². The minimum absolute atomic E-state index is 0.117. The molecule has 17 heavy (non-hydrogen) atoms. The average Bonchev–Trinajstić information content (AvgIpc) is 2.93. The van der Waals surface area contributed by atoms with Gasteiger partial charge in [0.25, 0.3) is 0 Å². The van der Waals surface area contributed by atoms with E-state index in [1.807, 2.05) is 11.5 Å². The molecule has 92 valence electrons. The van der Waals surface area contributed by atoms with Crippen LogP contribution in [0.2, 0.25) is 0 Å². The number of hydrogen-bond acceptors (Lipinski definition) is 3. The SMILES string of the molecule is CC(Cn1ccnc1)NC(=O)C1(C(=O)O)CC1. The fourth-order valence-electron chi connectivity index (χ4n) is 1.78. The van der Waals surface area contributed by atoms with E-state index in [4.69, 9.17) is 5.11 Å². The average molecular weight is 237 g/mol.